The van der Waals surface area contributed by atoms with E-state index in [1.165, 1.54) is 6.07 Å². The predicted molar refractivity (Wildman–Crippen MR) is 126 cm³/mol. The summed E-state index contributed by atoms with van der Waals surface area (Å²) in [5.41, 5.74) is 6.52. The average Bonchev–Trinajstić information content (AvgIpc) is 3.48. The molecule has 7 heteroatoms. The van der Waals surface area contributed by atoms with Crippen LogP contribution in [0.25, 0.3) is 55.4 Å². The number of halogens is 1. The Bertz CT molecular complexity index is 1640. The Morgan fingerprint density at radius 1 is 0.788 bits per heavy atom. The number of hydrogen-bond donors (Lipinski definition) is 2. The van der Waals surface area contributed by atoms with Crippen LogP contribution < -0.4 is 4.74 Å². The second-order valence-electron chi connectivity index (χ2n) is 7.76. The number of fused-ring (bicyclic) bond motifs is 2. The molecule has 0 amide bonds. The molecule has 0 bridgehead atoms. The second kappa shape index (κ2) is 7.56. The minimum absolute atomic E-state index is 0.281. The third kappa shape index (κ3) is 3.22. The van der Waals surface area contributed by atoms with Gasteiger partial charge in [-0.15, -0.1) is 0 Å². The SMILES string of the molecule is COc1cncc(-c2ccc3[nH]nc(-c4cc5c(-c6ccccc6F)cncc5[nH]4)c3c2)c1. The molecule has 160 valence electrons. The van der Waals surface area contributed by atoms with Crippen LogP contribution in [0.2, 0.25) is 0 Å². The molecule has 0 aliphatic rings. The van der Waals surface area contributed by atoms with E-state index in [2.05, 4.69) is 31.2 Å². The third-order valence-electron chi connectivity index (χ3n) is 5.81. The maximum atomic E-state index is 14.5. The van der Waals surface area contributed by atoms with Crippen LogP contribution in [-0.2, 0) is 0 Å². The van der Waals surface area contributed by atoms with E-state index in [4.69, 9.17) is 4.74 Å². The van der Waals surface area contributed by atoms with Gasteiger partial charge in [-0.3, -0.25) is 15.1 Å². The van der Waals surface area contributed by atoms with Crippen LogP contribution in [0, 0.1) is 5.82 Å². The summed E-state index contributed by atoms with van der Waals surface area (Å²) in [5.74, 6) is 0.417. The van der Waals surface area contributed by atoms with Gasteiger partial charge in [0.05, 0.1) is 36.2 Å². The number of aromatic nitrogens is 5. The molecule has 0 aliphatic heterocycles. The minimum atomic E-state index is -0.281. The fourth-order valence-electron chi connectivity index (χ4n) is 4.16. The van der Waals surface area contributed by atoms with Crippen LogP contribution in [0.5, 0.6) is 5.75 Å². The number of nitrogens with one attached hydrogen (secondary N) is 2. The number of H-pyrrole nitrogens is 2. The first kappa shape index (κ1) is 19.2. The van der Waals surface area contributed by atoms with Gasteiger partial charge in [0.15, 0.2) is 0 Å². The third-order valence-corrected chi connectivity index (χ3v) is 5.81. The van der Waals surface area contributed by atoms with Gasteiger partial charge in [0.25, 0.3) is 0 Å². The largest absolute Gasteiger partial charge is 0.495 e. The molecule has 2 aromatic carbocycles. The van der Waals surface area contributed by atoms with Crippen LogP contribution in [-0.4, -0.2) is 32.3 Å². The van der Waals surface area contributed by atoms with Crippen molar-refractivity contribution in [1.82, 2.24) is 25.1 Å². The summed E-state index contributed by atoms with van der Waals surface area (Å²) in [5, 5.41) is 9.50. The summed E-state index contributed by atoms with van der Waals surface area (Å²) >= 11 is 0. The molecule has 0 atom stereocenters. The maximum absolute atomic E-state index is 14.5. The number of nitrogens with zero attached hydrogens (tertiary/aromatic N) is 3. The van der Waals surface area contributed by atoms with E-state index in [0.717, 1.165) is 49.9 Å². The number of pyridine rings is 2. The fraction of sp³-hybridized carbons (Fsp3) is 0.0385. The van der Waals surface area contributed by atoms with E-state index >= 15 is 0 Å². The van der Waals surface area contributed by atoms with Crippen molar-refractivity contribution in [3.8, 4) is 39.4 Å². The van der Waals surface area contributed by atoms with E-state index in [1.807, 2.05) is 30.3 Å². The Labute approximate surface area is 188 Å². The second-order valence-corrected chi connectivity index (χ2v) is 7.76. The minimum Gasteiger partial charge on any atom is -0.495 e. The number of hydrogen-bond acceptors (Lipinski definition) is 4. The highest BCUT2D eigenvalue weighted by atomic mass is 19.1. The van der Waals surface area contributed by atoms with Crippen LogP contribution >= 0.6 is 0 Å². The molecule has 33 heavy (non-hydrogen) atoms. The molecule has 0 saturated carbocycles. The number of aromatic amines is 2. The summed E-state index contributed by atoms with van der Waals surface area (Å²) in [6, 6.07) is 16.8. The van der Waals surface area contributed by atoms with E-state index < -0.39 is 0 Å². The number of benzene rings is 2. The first-order valence-electron chi connectivity index (χ1n) is 10.4. The predicted octanol–water partition coefficient (Wildman–Crippen LogP) is 5.98. The monoisotopic (exact) mass is 435 g/mol. The van der Waals surface area contributed by atoms with Crippen LogP contribution in [0.15, 0.2) is 79.4 Å². The van der Waals surface area contributed by atoms with Gasteiger partial charge < -0.3 is 9.72 Å². The molecule has 0 saturated heterocycles. The molecule has 6 rings (SSSR count). The van der Waals surface area contributed by atoms with Crippen molar-refractivity contribution in [1.29, 1.82) is 0 Å². The van der Waals surface area contributed by atoms with Crippen LogP contribution in [0.3, 0.4) is 0 Å². The van der Waals surface area contributed by atoms with E-state index in [-0.39, 0.29) is 5.82 Å². The highest BCUT2D eigenvalue weighted by Crippen LogP contribution is 2.35. The number of ether oxygens (including phenoxy) is 1. The van der Waals surface area contributed by atoms with E-state index in [0.29, 0.717) is 11.3 Å². The smallest absolute Gasteiger partial charge is 0.137 e. The van der Waals surface area contributed by atoms with Gasteiger partial charge in [-0.25, -0.2) is 4.39 Å². The van der Waals surface area contributed by atoms with Gasteiger partial charge in [-0.1, -0.05) is 24.3 Å². The van der Waals surface area contributed by atoms with Gasteiger partial charge in [-0.05, 0) is 35.9 Å². The van der Waals surface area contributed by atoms with Crippen molar-refractivity contribution in [3.63, 3.8) is 0 Å². The molecular formula is C26H18FN5O. The maximum Gasteiger partial charge on any atom is 0.137 e. The molecule has 4 heterocycles. The first-order valence-corrected chi connectivity index (χ1v) is 10.4. The fourth-order valence-corrected chi connectivity index (χ4v) is 4.16. The summed E-state index contributed by atoms with van der Waals surface area (Å²) in [7, 11) is 1.62. The molecule has 6 nitrogen and oxygen atoms in total. The Balaban J connectivity index is 1.50. The zero-order chi connectivity index (χ0) is 22.4. The lowest BCUT2D eigenvalue weighted by Gasteiger charge is -2.04. The average molecular weight is 435 g/mol. The molecule has 0 radical (unpaired) electrons. The normalized spacial score (nSPS) is 11.3. The van der Waals surface area contributed by atoms with Crippen molar-refractivity contribution in [2.75, 3.05) is 7.11 Å². The van der Waals surface area contributed by atoms with Gasteiger partial charge in [-0.2, -0.15) is 5.10 Å². The van der Waals surface area contributed by atoms with Gasteiger partial charge in [0.2, 0.25) is 0 Å². The lowest BCUT2D eigenvalue weighted by Crippen LogP contribution is -1.86. The summed E-state index contributed by atoms with van der Waals surface area (Å²) in [6.45, 7) is 0. The van der Waals surface area contributed by atoms with Gasteiger partial charge in [0.1, 0.15) is 17.3 Å². The Kier molecular flexibility index (Phi) is 4.40. The lowest BCUT2D eigenvalue weighted by atomic mass is 10.0. The van der Waals surface area contributed by atoms with Crippen LogP contribution in [0.4, 0.5) is 4.39 Å². The summed E-state index contributed by atoms with van der Waals surface area (Å²) in [4.78, 5) is 12.0. The molecule has 6 aromatic rings. The molecule has 0 unspecified atom stereocenters. The Morgan fingerprint density at radius 3 is 2.55 bits per heavy atom. The van der Waals surface area contributed by atoms with Crippen molar-refractivity contribution >= 4 is 21.8 Å². The highest BCUT2D eigenvalue weighted by molar-refractivity contribution is 6.01. The standard InChI is InChI=1S/C26H18FN5O/c1-33-17-8-16(11-28-12-17)15-6-7-23-20(9-15)26(32-31-23)24-10-19-21(13-29-14-25(19)30-24)18-4-2-3-5-22(18)27/h2-14,30H,1H3,(H,31,32). The van der Waals surface area contributed by atoms with Gasteiger partial charge in [0, 0.05) is 39.9 Å². The molecule has 0 spiro atoms. The highest BCUT2D eigenvalue weighted by Gasteiger charge is 2.16. The molecule has 0 aliphatic carbocycles. The number of methoxy groups -OCH3 is 1. The van der Waals surface area contributed by atoms with Gasteiger partial charge >= 0.3 is 0 Å². The Morgan fingerprint density at radius 2 is 1.67 bits per heavy atom. The molecule has 2 N–H and O–H groups in total. The summed E-state index contributed by atoms with van der Waals surface area (Å²) < 4.78 is 19.8. The van der Waals surface area contributed by atoms with Crippen molar-refractivity contribution in [3.05, 3.63) is 85.2 Å². The molecule has 0 fully saturated rings. The molecular weight excluding hydrogens is 417 g/mol. The first-order chi connectivity index (χ1) is 16.2. The van der Waals surface area contributed by atoms with E-state index in [1.54, 1.807) is 44.0 Å². The van der Waals surface area contributed by atoms with Crippen molar-refractivity contribution in [2.45, 2.75) is 0 Å². The van der Waals surface area contributed by atoms with Crippen molar-refractivity contribution in [2.24, 2.45) is 0 Å². The van der Waals surface area contributed by atoms with Crippen molar-refractivity contribution < 1.29 is 9.13 Å². The van der Waals surface area contributed by atoms with Crippen LogP contribution in [0.1, 0.15) is 0 Å². The topological polar surface area (TPSA) is 79.5 Å². The molecule has 4 aromatic heterocycles. The Hall–Kier alpha value is -4.52. The zero-order valence-electron chi connectivity index (χ0n) is 17.6. The summed E-state index contributed by atoms with van der Waals surface area (Å²) in [6.07, 6.45) is 6.91. The quantitative estimate of drug-likeness (QED) is 0.357. The van der Waals surface area contributed by atoms with E-state index in [9.17, 15) is 4.39 Å². The zero-order valence-corrected chi connectivity index (χ0v) is 17.6. The number of rotatable bonds is 4. The lowest BCUT2D eigenvalue weighted by molar-refractivity contribution is 0.413.